The highest BCUT2D eigenvalue weighted by atomic mass is 19.4. The highest BCUT2D eigenvalue weighted by molar-refractivity contribution is 6.04. The van der Waals surface area contributed by atoms with Crippen LogP contribution in [0, 0.1) is 0 Å². The van der Waals surface area contributed by atoms with Crippen LogP contribution in [0.2, 0.25) is 0 Å². The summed E-state index contributed by atoms with van der Waals surface area (Å²) in [5, 5.41) is 7.30. The van der Waals surface area contributed by atoms with E-state index in [1.165, 1.54) is 4.52 Å². The molecule has 0 atom stereocenters. The summed E-state index contributed by atoms with van der Waals surface area (Å²) < 4.78 is 40.1. The van der Waals surface area contributed by atoms with Crippen LogP contribution in [-0.2, 0) is 6.18 Å². The molecular formula is C25H16F3N5O. The Kier molecular flexibility index (Phi) is 5.29. The van der Waals surface area contributed by atoms with Crippen molar-refractivity contribution in [1.82, 2.24) is 19.6 Å². The van der Waals surface area contributed by atoms with Gasteiger partial charge in [0.1, 0.15) is 5.82 Å². The third kappa shape index (κ3) is 4.23. The number of pyridine rings is 2. The van der Waals surface area contributed by atoms with E-state index in [-0.39, 0.29) is 5.56 Å². The van der Waals surface area contributed by atoms with Gasteiger partial charge in [0.25, 0.3) is 5.91 Å². The third-order valence-electron chi connectivity index (χ3n) is 5.20. The molecule has 34 heavy (non-hydrogen) atoms. The van der Waals surface area contributed by atoms with Gasteiger partial charge >= 0.3 is 6.18 Å². The Hall–Kier alpha value is -4.53. The Balaban J connectivity index is 1.56. The van der Waals surface area contributed by atoms with Crippen LogP contribution in [0.1, 0.15) is 15.9 Å². The van der Waals surface area contributed by atoms with E-state index >= 15 is 0 Å². The summed E-state index contributed by atoms with van der Waals surface area (Å²) in [4.78, 5) is 21.5. The fraction of sp³-hybridized carbons (Fsp3) is 0.0400. The summed E-state index contributed by atoms with van der Waals surface area (Å²) in [7, 11) is 0. The SMILES string of the molecule is O=C(Nc1cc(-c2ccncc2)cc2nc(-c3ccccc3)nn12)c1ccc(C(F)(F)F)cc1. The van der Waals surface area contributed by atoms with Crippen molar-refractivity contribution >= 4 is 17.4 Å². The van der Waals surface area contributed by atoms with E-state index in [0.717, 1.165) is 41.0 Å². The second-order valence-corrected chi connectivity index (χ2v) is 7.47. The molecule has 168 valence electrons. The van der Waals surface area contributed by atoms with Crippen LogP contribution in [0.4, 0.5) is 19.0 Å². The molecule has 0 aliphatic carbocycles. The first kappa shape index (κ1) is 21.3. The molecule has 2 aromatic carbocycles. The minimum Gasteiger partial charge on any atom is -0.306 e. The maximum Gasteiger partial charge on any atom is 0.416 e. The van der Waals surface area contributed by atoms with Crippen molar-refractivity contribution < 1.29 is 18.0 Å². The van der Waals surface area contributed by atoms with Crippen LogP contribution in [0.3, 0.4) is 0 Å². The van der Waals surface area contributed by atoms with Crippen LogP contribution in [0.15, 0.2) is 91.3 Å². The molecule has 3 aromatic heterocycles. The topological polar surface area (TPSA) is 72.2 Å². The minimum atomic E-state index is -4.48. The number of carbonyl (C=O) groups excluding carboxylic acids is 1. The first-order valence-corrected chi connectivity index (χ1v) is 10.2. The zero-order chi connectivity index (χ0) is 23.7. The van der Waals surface area contributed by atoms with E-state index < -0.39 is 17.6 Å². The number of alkyl halides is 3. The molecule has 3 heterocycles. The number of anilines is 1. The molecule has 0 bridgehead atoms. The zero-order valence-electron chi connectivity index (χ0n) is 17.5. The lowest BCUT2D eigenvalue weighted by atomic mass is 10.1. The Morgan fingerprint density at radius 3 is 2.21 bits per heavy atom. The van der Waals surface area contributed by atoms with Crippen molar-refractivity contribution in [2.45, 2.75) is 6.18 Å². The average molecular weight is 459 g/mol. The smallest absolute Gasteiger partial charge is 0.306 e. The van der Waals surface area contributed by atoms with Crippen LogP contribution in [0.25, 0.3) is 28.2 Å². The normalized spacial score (nSPS) is 11.5. The number of hydrogen-bond donors (Lipinski definition) is 1. The molecule has 0 saturated carbocycles. The van der Waals surface area contributed by atoms with E-state index in [9.17, 15) is 18.0 Å². The van der Waals surface area contributed by atoms with Crippen molar-refractivity contribution in [3.05, 3.63) is 102 Å². The molecule has 5 rings (SSSR count). The molecule has 9 heteroatoms. The monoisotopic (exact) mass is 459 g/mol. The van der Waals surface area contributed by atoms with Crippen LogP contribution in [0.5, 0.6) is 0 Å². The maximum absolute atomic E-state index is 12.9. The lowest BCUT2D eigenvalue weighted by molar-refractivity contribution is -0.137. The van der Waals surface area contributed by atoms with Gasteiger partial charge in [-0.25, -0.2) is 4.98 Å². The van der Waals surface area contributed by atoms with E-state index in [2.05, 4.69) is 20.4 Å². The zero-order valence-corrected chi connectivity index (χ0v) is 17.5. The number of amides is 1. The van der Waals surface area contributed by atoms with Crippen molar-refractivity contribution in [3.8, 4) is 22.5 Å². The molecule has 0 radical (unpaired) electrons. The Morgan fingerprint density at radius 1 is 0.824 bits per heavy atom. The van der Waals surface area contributed by atoms with Crippen LogP contribution in [-0.4, -0.2) is 25.5 Å². The van der Waals surface area contributed by atoms with Gasteiger partial charge in [0.05, 0.1) is 5.56 Å². The van der Waals surface area contributed by atoms with Gasteiger partial charge in [-0.1, -0.05) is 30.3 Å². The van der Waals surface area contributed by atoms with Gasteiger partial charge in [0.15, 0.2) is 11.5 Å². The lowest BCUT2D eigenvalue weighted by Gasteiger charge is -2.11. The fourth-order valence-corrected chi connectivity index (χ4v) is 3.49. The number of fused-ring (bicyclic) bond motifs is 1. The number of nitrogens with zero attached hydrogens (tertiary/aromatic N) is 4. The first-order chi connectivity index (χ1) is 16.4. The lowest BCUT2D eigenvalue weighted by Crippen LogP contribution is -2.15. The van der Waals surface area contributed by atoms with Crippen molar-refractivity contribution in [1.29, 1.82) is 0 Å². The van der Waals surface area contributed by atoms with Crippen LogP contribution < -0.4 is 5.32 Å². The molecule has 0 aliphatic heterocycles. The van der Waals surface area contributed by atoms with Gasteiger partial charge in [0.2, 0.25) is 0 Å². The number of carbonyl (C=O) groups is 1. The summed E-state index contributed by atoms with van der Waals surface area (Å²) in [6.07, 6.45) is -1.17. The largest absolute Gasteiger partial charge is 0.416 e. The number of halogens is 3. The molecule has 5 aromatic rings. The first-order valence-electron chi connectivity index (χ1n) is 10.2. The van der Waals surface area contributed by atoms with Crippen LogP contribution >= 0.6 is 0 Å². The number of hydrogen-bond acceptors (Lipinski definition) is 4. The van der Waals surface area contributed by atoms with Gasteiger partial charge < -0.3 is 5.32 Å². The molecule has 6 nitrogen and oxygen atoms in total. The fourth-order valence-electron chi connectivity index (χ4n) is 3.49. The van der Waals surface area contributed by atoms with Gasteiger partial charge in [-0.3, -0.25) is 9.78 Å². The molecular weight excluding hydrogens is 443 g/mol. The van der Waals surface area contributed by atoms with Crippen molar-refractivity contribution in [2.24, 2.45) is 0 Å². The molecule has 0 saturated heterocycles. The van der Waals surface area contributed by atoms with E-state index in [0.29, 0.717) is 17.3 Å². The standard InChI is InChI=1S/C25H16F3N5O/c26-25(27,28)20-8-6-18(7-9-20)24(34)31-22-15-19(16-10-12-29-13-11-16)14-21-30-23(32-33(21)22)17-4-2-1-3-5-17/h1-15H,(H,31,34). The molecule has 0 spiro atoms. The van der Waals surface area contributed by atoms with Gasteiger partial charge in [-0.15, -0.1) is 5.10 Å². The average Bonchev–Trinajstić information content (AvgIpc) is 3.29. The van der Waals surface area contributed by atoms with Crippen molar-refractivity contribution in [3.63, 3.8) is 0 Å². The highest BCUT2D eigenvalue weighted by Crippen LogP contribution is 2.30. The van der Waals surface area contributed by atoms with E-state index in [1.807, 2.05) is 48.5 Å². The molecule has 0 unspecified atom stereocenters. The minimum absolute atomic E-state index is 0.0823. The second-order valence-electron chi connectivity index (χ2n) is 7.47. The maximum atomic E-state index is 12.9. The quantitative estimate of drug-likeness (QED) is 0.373. The Bertz CT molecular complexity index is 1460. The Labute approximate surface area is 191 Å². The van der Waals surface area contributed by atoms with Gasteiger partial charge in [-0.05, 0) is 59.7 Å². The summed E-state index contributed by atoms with van der Waals surface area (Å²) >= 11 is 0. The predicted molar refractivity (Wildman–Crippen MR) is 121 cm³/mol. The summed E-state index contributed by atoms with van der Waals surface area (Å²) in [6, 6.07) is 20.6. The molecule has 0 fully saturated rings. The highest BCUT2D eigenvalue weighted by Gasteiger charge is 2.30. The molecule has 1 amide bonds. The number of aromatic nitrogens is 4. The van der Waals surface area contributed by atoms with Gasteiger partial charge in [-0.2, -0.15) is 17.7 Å². The van der Waals surface area contributed by atoms with E-state index in [1.54, 1.807) is 18.5 Å². The number of rotatable bonds is 4. The molecule has 0 aliphatic rings. The third-order valence-corrected chi connectivity index (χ3v) is 5.20. The number of benzene rings is 2. The Morgan fingerprint density at radius 2 is 1.53 bits per heavy atom. The van der Waals surface area contributed by atoms with E-state index in [4.69, 9.17) is 0 Å². The van der Waals surface area contributed by atoms with Gasteiger partial charge in [0, 0.05) is 23.5 Å². The van der Waals surface area contributed by atoms with Crippen molar-refractivity contribution in [2.75, 3.05) is 5.32 Å². The number of nitrogens with one attached hydrogen (secondary N) is 1. The predicted octanol–water partition coefficient (Wildman–Crippen LogP) is 5.73. The summed E-state index contributed by atoms with van der Waals surface area (Å²) in [6.45, 7) is 0. The molecule has 1 N–H and O–H groups in total. The summed E-state index contributed by atoms with van der Waals surface area (Å²) in [5.74, 6) is 0.222. The second kappa shape index (κ2) is 8.43. The summed E-state index contributed by atoms with van der Waals surface area (Å²) in [5.41, 5.74) is 2.18.